The molecule has 0 atom stereocenters. The summed E-state index contributed by atoms with van der Waals surface area (Å²) in [6, 6.07) is 0. The molecule has 2 fully saturated rings. The monoisotopic (exact) mass is 281 g/mol. The lowest BCUT2D eigenvalue weighted by molar-refractivity contribution is 0.158. The molecule has 106 valence electrons. The van der Waals surface area contributed by atoms with E-state index >= 15 is 0 Å². The molecule has 0 aromatic carbocycles. The lowest BCUT2D eigenvalue weighted by Crippen LogP contribution is -2.45. The van der Waals surface area contributed by atoms with E-state index in [0.29, 0.717) is 5.92 Å². The molecule has 1 saturated heterocycles. The first-order valence-corrected chi connectivity index (χ1v) is 7.91. The maximum atomic E-state index is 5.96. The van der Waals surface area contributed by atoms with E-state index in [-0.39, 0.29) is 0 Å². The van der Waals surface area contributed by atoms with Crippen molar-refractivity contribution in [3.05, 3.63) is 5.56 Å². The molecule has 1 aliphatic carbocycles. The molecule has 3 N–H and O–H groups in total. The molecule has 0 amide bonds. The largest absolute Gasteiger partial charge is 0.383 e. The van der Waals surface area contributed by atoms with Crippen molar-refractivity contribution in [2.24, 2.45) is 0 Å². The fraction of sp³-hybridized carbons (Fsp3) is 0.769. The fourth-order valence-electron chi connectivity index (χ4n) is 2.60. The van der Waals surface area contributed by atoms with Crippen LogP contribution in [0, 0.1) is 0 Å². The standard InChI is InChI=1S/C13H23N5S/c1-17-6-8-18(9-7-17)5-4-15-13-11(10-2-3-10)12(14)16-19-13/h10,15H,2-9H2,1H3,(H2,14,16). The number of piperazine rings is 1. The second-order valence-electron chi connectivity index (χ2n) is 5.66. The number of nitrogen functional groups attached to an aromatic ring is 1. The number of likely N-dealkylation sites (N-methyl/N-ethyl adjacent to an activating group) is 1. The van der Waals surface area contributed by atoms with Gasteiger partial charge in [-0.05, 0) is 37.3 Å². The van der Waals surface area contributed by atoms with Crippen LogP contribution in [0.3, 0.4) is 0 Å². The third-order valence-electron chi connectivity index (χ3n) is 4.05. The topological polar surface area (TPSA) is 57.4 Å². The third-order valence-corrected chi connectivity index (χ3v) is 4.89. The summed E-state index contributed by atoms with van der Waals surface area (Å²) in [5.41, 5.74) is 7.24. The van der Waals surface area contributed by atoms with Crippen molar-refractivity contribution >= 4 is 22.4 Å². The zero-order valence-electron chi connectivity index (χ0n) is 11.6. The first-order valence-electron chi connectivity index (χ1n) is 7.14. The number of rotatable bonds is 5. The van der Waals surface area contributed by atoms with Crippen molar-refractivity contribution in [1.29, 1.82) is 0 Å². The van der Waals surface area contributed by atoms with Gasteiger partial charge in [0.15, 0.2) is 0 Å². The first kappa shape index (κ1) is 13.1. The Labute approximate surface area is 118 Å². The lowest BCUT2D eigenvalue weighted by Gasteiger charge is -2.32. The molecule has 6 heteroatoms. The Morgan fingerprint density at radius 2 is 2.05 bits per heavy atom. The van der Waals surface area contributed by atoms with Crippen LogP contribution in [0.25, 0.3) is 0 Å². The van der Waals surface area contributed by atoms with Crippen molar-refractivity contribution in [2.45, 2.75) is 18.8 Å². The summed E-state index contributed by atoms with van der Waals surface area (Å²) < 4.78 is 4.29. The first-order chi connectivity index (χ1) is 9.24. The van der Waals surface area contributed by atoms with Gasteiger partial charge in [-0.2, -0.15) is 4.37 Å². The van der Waals surface area contributed by atoms with Crippen molar-refractivity contribution in [3.63, 3.8) is 0 Å². The highest BCUT2D eigenvalue weighted by molar-refractivity contribution is 7.10. The van der Waals surface area contributed by atoms with Crippen LogP contribution in [0.1, 0.15) is 24.3 Å². The van der Waals surface area contributed by atoms with E-state index in [4.69, 9.17) is 5.73 Å². The van der Waals surface area contributed by atoms with E-state index in [1.54, 1.807) is 0 Å². The van der Waals surface area contributed by atoms with E-state index in [2.05, 4.69) is 26.5 Å². The fourth-order valence-corrected chi connectivity index (χ4v) is 3.43. The number of hydrogen-bond acceptors (Lipinski definition) is 6. The van der Waals surface area contributed by atoms with Gasteiger partial charge < -0.3 is 16.0 Å². The molecule has 5 nitrogen and oxygen atoms in total. The average Bonchev–Trinajstić information content (AvgIpc) is 3.17. The number of aromatic nitrogens is 1. The highest BCUT2D eigenvalue weighted by Crippen LogP contribution is 2.47. The van der Waals surface area contributed by atoms with Crippen LogP contribution in [0.4, 0.5) is 10.8 Å². The predicted octanol–water partition coefficient (Wildman–Crippen LogP) is 1.26. The number of nitrogens with two attached hydrogens (primary N) is 1. The van der Waals surface area contributed by atoms with Gasteiger partial charge in [0, 0.05) is 44.8 Å². The van der Waals surface area contributed by atoms with Gasteiger partial charge in [-0.15, -0.1) is 0 Å². The van der Waals surface area contributed by atoms with E-state index in [0.717, 1.165) is 18.9 Å². The Hall–Kier alpha value is -0.850. The Bertz CT molecular complexity index is 421. The molecular weight excluding hydrogens is 258 g/mol. The highest BCUT2D eigenvalue weighted by Gasteiger charge is 2.30. The Morgan fingerprint density at radius 1 is 1.32 bits per heavy atom. The van der Waals surface area contributed by atoms with Crippen LogP contribution < -0.4 is 11.1 Å². The summed E-state index contributed by atoms with van der Waals surface area (Å²) in [6.07, 6.45) is 2.55. The van der Waals surface area contributed by atoms with Crippen molar-refractivity contribution in [1.82, 2.24) is 14.2 Å². The van der Waals surface area contributed by atoms with Crippen molar-refractivity contribution in [3.8, 4) is 0 Å². The van der Waals surface area contributed by atoms with E-state index in [9.17, 15) is 0 Å². The number of nitrogens with zero attached hydrogens (tertiary/aromatic N) is 3. The summed E-state index contributed by atoms with van der Waals surface area (Å²) >= 11 is 1.52. The van der Waals surface area contributed by atoms with Crippen LogP contribution in [0.15, 0.2) is 0 Å². The van der Waals surface area contributed by atoms with Crippen LogP contribution in [-0.2, 0) is 0 Å². The summed E-state index contributed by atoms with van der Waals surface area (Å²) in [4.78, 5) is 4.91. The van der Waals surface area contributed by atoms with Crippen molar-refractivity contribution < 1.29 is 0 Å². The molecule has 1 aliphatic heterocycles. The van der Waals surface area contributed by atoms with Crippen LogP contribution in [0.5, 0.6) is 0 Å². The summed E-state index contributed by atoms with van der Waals surface area (Å²) in [5.74, 6) is 1.42. The van der Waals surface area contributed by atoms with Crippen molar-refractivity contribution in [2.75, 3.05) is 57.4 Å². The van der Waals surface area contributed by atoms with E-state index in [1.165, 1.54) is 61.1 Å². The number of hydrogen-bond donors (Lipinski definition) is 2. The number of anilines is 2. The average molecular weight is 281 g/mol. The second kappa shape index (κ2) is 5.64. The van der Waals surface area contributed by atoms with E-state index < -0.39 is 0 Å². The molecule has 0 unspecified atom stereocenters. The number of nitrogens with one attached hydrogen (secondary N) is 1. The van der Waals surface area contributed by atoms with Gasteiger partial charge in [0.05, 0.1) is 0 Å². The molecule has 2 aliphatic rings. The van der Waals surface area contributed by atoms with Crippen LogP contribution in [0.2, 0.25) is 0 Å². The normalized spacial score (nSPS) is 21.7. The molecule has 1 aromatic heterocycles. The summed E-state index contributed by atoms with van der Waals surface area (Å²) in [7, 11) is 2.19. The van der Waals surface area contributed by atoms with Gasteiger partial charge >= 0.3 is 0 Å². The molecule has 0 radical (unpaired) electrons. The molecule has 0 spiro atoms. The zero-order chi connectivity index (χ0) is 13.2. The molecular formula is C13H23N5S. The minimum absolute atomic E-state index is 0.671. The SMILES string of the molecule is CN1CCN(CCNc2snc(N)c2C2CC2)CC1. The molecule has 1 aromatic rings. The van der Waals surface area contributed by atoms with Gasteiger partial charge in [0.2, 0.25) is 0 Å². The Morgan fingerprint density at radius 3 is 2.74 bits per heavy atom. The Kier molecular flexibility index (Phi) is 3.91. The molecule has 1 saturated carbocycles. The van der Waals surface area contributed by atoms with Gasteiger partial charge in [-0.1, -0.05) is 0 Å². The highest BCUT2D eigenvalue weighted by atomic mass is 32.1. The second-order valence-corrected chi connectivity index (χ2v) is 6.43. The molecule has 3 rings (SSSR count). The molecule has 2 heterocycles. The summed E-state index contributed by atoms with van der Waals surface area (Å²) in [5, 5.41) is 4.74. The Balaban J connectivity index is 1.47. The van der Waals surface area contributed by atoms with Gasteiger partial charge in [-0.3, -0.25) is 4.90 Å². The maximum Gasteiger partial charge on any atom is 0.142 e. The van der Waals surface area contributed by atoms with Gasteiger partial charge in [-0.25, -0.2) is 0 Å². The summed E-state index contributed by atoms with van der Waals surface area (Å²) in [6.45, 7) is 6.82. The third kappa shape index (κ3) is 3.19. The minimum Gasteiger partial charge on any atom is -0.383 e. The minimum atomic E-state index is 0.671. The lowest BCUT2D eigenvalue weighted by atomic mass is 10.2. The van der Waals surface area contributed by atoms with Gasteiger partial charge in [0.1, 0.15) is 10.8 Å². The maximum absolute atomic E-state index is 5.96. The molecule has 0 bridgehead atoms. The molecule has 19 heavy (non-hydrogen) atoms. The zero-order valence-corrected chi connectivity index (χ0v) is 12.4. The van der Waals surface area contributed by atoms with E-state index in [1.807, 2.05) is 0 Å². The van der Waals surface area contributed by atoms with Crippen LogP contribution >= 0.6 is 11.5 Å². The van der Waals surface area contributed by atoms with Crippen LogP contribution in [-0.4, -0.2) is 60.5 Å². The smallest absolute Gasteiger partial charge is 0.142 e. The van der Waals surface area contributed by atoms with Gasteiger partial charge in [0.25, 0.3) is 0 Å². The quantitative estimate of drug-likeness (QED) is 0.851. The predicted molar refractivity (Wildman–Crippen MR) is 80.9 cm³/mol.